The Morgan fingerprint density at radius 3 is 2.75 bits per heavy atom. The molecule has 0 unspecified atom stereocenters. The molecule has 1 aromatic carbocycles. The molecule has 4 N–H and O–H groups in total. The van der Waals surface area contributed by atoms with Crippen molar-refractivity contribution in [3.05, 3.63) is 30.5 Å². The van der Waals surface area contributed by atoms with Crippen LogP contribution in [0.3, 0.4) is 0 Å². The van der Waals surface area contributed by atoms with Crippen LogP contribution in [-0.2, 0) is 0 Å². The van der Waals surface area contributed by atoms with E-state index >= 15 is 0 Å². The van der Waals surface area contributed by atoms with Crippen LogP contribution < -0.4 is 11.1 Å². The summed E-state index contributed by atoms with van der Waals surface area (Å²) in [4.78, 5) is 4.34. The van der Waals surface area contributed by atoms with E-state index < -0.39 is 5.60 Å². The summed E-state index contributed by atoms with van der Waals surface area (Å²) in [6.07, 6.45) is 5.56. The average molecular weight is 271 g/mol. The van der Waals surface area contributed by atoms with E-state index in [0.29, 0.717) is 5.69 Å². The zero-order valence-corrected chi connectivity index (χ0v) is 11.8. The number of nitrogens with zero attached hydrogens (tertiary/aromatic N) is 1. The van der Waals surface area contributed by atoms with Gasteiger partial charge in [-0.25, -0.2) is 0 Å². The third kappa shape index (κ3) is 2.20. The number of nitrogen functional groups attached to an aromatic ring is 1. The van der Waals surface area contributed by atoms with Gasteiger partial charge in [-0.2, -0.15) is 0 Å². The van der Waals surface area contributed by atoms with Gasteiger partial charge in [0.25, 0.3) is 0 Å². The molecule has 0 saturated heterocycles. The van der Waals surface area contributed by atoms with Gasteiger partial charge in [0.2, 0.25) is 0 Å². The number of aromatic nitrogens is 1. The minimum atomic E-state index is -0.628. The molecular formula is C16H21N3O. The van der Waals surface area contributed by atoms with Crippen molar-refractivity contribution in [3.8, 4) is 0 Å². The van der Waals surface area contributed by atoms with E-state index in [9.17, 15) is 5.11 Å². The Balaban J connectivity index is 1.96. The molecule has 1 aliphatic rings. The second kappa shape index (κ2) is 4.94. The van der Waals surface area contributed by atoms with E-state index in [0.717, 1.165) is 42.3 Å². The quantitative estimate of drug-likeness (QED) is 0.802. The van der Waals surface area contributed by atoms with Gasteiger partial charge in [-0.1, -0.05) is 31.0 Å². The molecule has 0 spiro atoms. The predicted octanol–water partition coefficient (Wildman–Crippen LogP) is 2.92. The SMILES string of the molecule is C[C@H](Nc1c(N)cnc2ccccc12)C1(O)CCCC1. The Bertz CT molecular complexity index is 620. The van der Waals surface area contributed by atoms with Crippen molar-refractivity contribution in [2.45, 2.75) is 44.2 Å². The monoisotopic (exact) mass is 271 g/mol. The van der Waals surface area contributed by atoms with E-state index in [2.05, 4.69) is 10.3 Å². The minimum Gasteiger partial charge on any atom is -0.396 e. The van der Waals surface area contributed by atoms with Crippen molar-refractivity contribution < 1.29 is 5.11 Å². The Hall–Kier alpha value is -1.81. The number of nitrogens with one attached hydrogen (secondary N) is 1. The van der Waals surface area contributed by atoms with Gasteiger partial charge in [0, 0.05) is 5.39 Å². The van der Waals surface area contributed by atoms with E-state index in [4.69, 9.17) is 5.73 Å². The zero-order valence-electron chi connectivity index (χ0n) is 11.8. The minimum absolute atomic E-state index is 0.0295. The number of anilines is 2. The molecule has 2 aromatic rings. The highest BCUT2D eigenvalue weighted by atomic mass is 16.3. The number of fused-ring (bicyclic) bond motifs is 1. The third-order valence-electron chi connectivity index (χ3n) is 4.44. The fraction of sp³-hybridized carbons (Fsp3) is 0.438. The fourth-order valence-electron chi connectivity index (χ4n) is 3.09. The van der Waals surface area contributed by atoms with Crippen LogP contribution in [0.4, 0.5) is 11.4 Å². The van der Waals surface area contributed by atoms with Gasteiger partial charge >= 0.3 is 0 Å². The van der Waals surface area contributed by atoms with Crippen LogP contribution in [0.1, 0.15) is 32.6 Å². The molecule has 106 valence electrons. The maximum absolute atomic E-state index is 10.7. The Labute approximate surface area is 119 Å². The number of hydrogen-bond donors (Lipinski definition) is 3. The summed E-state index contributed by atoms with van der Waals surface area (Å²) in [7, 11) is 0. The highest BCUT2D eigenvalue weighted by Gasteiger charge is 2.37. The maximum Gasteiger partial charge on any atom is 0.0845 e. The van der Waals surface area contributed by atoms with Gasteiger partial charge in [-0.05, 0) is 25.8 Å². The normalized spacial score (nSPS) is 19.1. The predicted molar refractivity (Wildman–Crippen MR) is 82.7 cm³/mol. The van der Waals surface area contributed by atoms with Crippen LogP contribution in [0.2, 0.25) is 0 Å². The number of benzene rings is 1. The molecule has 1 fully saturated rings. The molecule has 4 heteroatoms. The molecule has 1 aliphatic carbocycles. The van der Waals surface area contributed by atoms with E-state index in [1.54, 1.807) is 6.20 Å². The fourth-order valence-corrected chi connectivity index (χ4v) is 3.09. The van der Waals surface area contributed by atoms with Gasteiger partial charge in [0.05, 0.1) is 34.7 Å². The Morgan fingerprint density at radius 1 is 1.30 bits per heavy atom. The molecule has 3 rings (SSSR count). The molecular weight excluding hydrogens is 250 g/mol. The highest BCUT2D eigenvalue weighted by molar-refractivity contribution is 5.96. The van der Waals surface area contributed by atoms with E-state index in [1.807, 2.05) is 31.2 Å². The first-order valence-electron chi connectivity index (χ1n) is 7.22. The first-order chi connectivity index (χ1) is 9.60. The standard InChI is InChI=1S/C16H21N3O/c1-11(16(20)8-4-5-9-16)19-15-12-6-2-3-7-14(12)18-10-13(15)17/h2-3,6-7,10-11,20H,4-5,8-9,17H2,1H3,(H,18,19)/t11-/m0/s1. The molecule has 1 heterocycles. The second-order valence-electron chi connectivity index (χ2n) is 5.78. The molecule has 20 heavy (non-hydrogen) atoms. The summed E-state index contributed by atoms with van der Waals surface area (Å²) in [5.74, 6) is 0. The summed E-state index contributed by atoms with van der Waals surface area (Å²) >= 11 is 0. The van der Waals surface area contributed by atoms with Gasteiger partial charge in [0.15, 0.2) is 0 Å². The van der Waals surface area contributed by atoms with Crippen molar-refractivity contribution in [1.82, 2.24) is 4.98 Å². The molecule has 0 amide bonds. The van der Waals surface area contributed by atoms with Crippen molar-refractivity contribution >= 4 is 22.3 Å². The molecule has 0 bridgehead atoms. The summed E-state index contributed by atoms with van der Waals surface area (Å²) in [5.41, 5.74) is 7.85. The van der Waals surface area contributed by atoms with Crippen LogP contribution >= 0.6 is 0 Å². The second-order valence-corrected chi connectivity index (χ2v) is 5.78. The largest absolute Gasteiger partial charge is 0.396 e. The number of para-hydroxylation sites is 1. The number of rotatable bonds is 3. The van der Waals surface area contributed by atoms with Crippen molar-refractivity contribution in [1.29, 1.82) is 0 Å². The number of hydrogen-bond acceptors (Lipinski definition) is 4. The van der Waals surface area contributed by atoms with E-state index in [1.165, 1.54) is 0 Å². The zero-order chi connectivity index (χ0) is 14.2. The van der Waals surface area contributed by atoms with Gasteiger partial charge < -0.3 is 16.2 Å². The first kappa shape index (κ1) is 13.2. The van der Waals surface area contributed by atoms with Crippen molar-refractivity contribution in [2.24, 2.45) is 0 Å². The van der Waals surface area contributed by atoms with Crippen LogP contribution in [0.15, 0.2) is 30.5 Å². The van der Waals surface area contributed by atoms with Crippen LogP contribution in [0.25, 0.3) is 10.9 Å². The molecule has 0 aliphatic heterocycles. The number of nitrogens with two attached hydrogens (primary N) is 1. The highest BCUT2D eigenvalue weighted by Crippen LogP contribution is 2.36. The van der Waals surface area contributed by atoms with E-state index in [-0.39, 0.29) is 6.04 Å². The van der Waals surface area contributed by atoms with Crippen molar-refractivity contribution in [2.75, 3.05) is 11.1 Å². The summed E-state index contributed by atoms with van der Waals surface area (Å²) in [6.45, 7) is 2.03. The molecule has 1 saturated carbocycles. The average Bonchev–Trinajstić information content (AvgIpc) is 2.90. The Kier molecular flexibility index (Phi) is 3.26. The molecule has 4 nitrogen and oxygen atoms in total. The molecule has 1 atom stereocenters. The lowest BCUT2D eigenvalue weighted by Crippen LogP contribution is -2.42. The van der Waals surface area contributed by atoms with Crippen LogP contribution in [0.5, 0.6) is 0 Å². The number of aliphatic hydroxyl groups is 1. The van der Waals surface area contributed by atoms with Gasteiger partial charge in [-0.3, -0.25) is 4.98 Å². The summed E-state index contributed by atoms with van der Waals surface area (Å²) < 4.78 is 0. The van der Waals surface area contributed by atoms with Crippen LogP contribution in [0, 0.1) is 0 Å². The Morgan fingerprint density at radius 2 is 2.00 bits per heavy atom. The molecule has 0 radical (unpaired) electrons. The van der Waals surface area contributed by atoms with Crippen LogP contribution in [-0.4, -0.2) is 21.7 Å². The van der Waals surface area contributed by atoms with Gasteiger partial charge in [-0.15, -0.1) is 0 Å². The first-order valence-corrected chi connectivity index (χ1v) is 7.22. The smallest absolute Gasteiger partial charge is 0.0845 e. The lowest BCUT2D eigenvalue weighted by atomic mass is 9.93. The maximum atomic E-state index is 10.7. The molecule has 1 aromatic heterocycles. The number of pyridine rings is 1. The third-order valence-corrected chi connectivity index (χ3v) is 4.44. The van der Waals surface area contributed by atoms with Gasteiger partial charge in [0.1, 0.15) is 0 Å². The lowest BCUT2D eigenvalue weighted by molar-refractivity contribution is 0.0331. The summed E-state index contributed by atoms with van der Waals surface area (Å²) in [5, 5.41) is 15.1. The summed E-state index contributed by atoms with van der Waals surface area (Å²) in [6, 6.07) is 7.88. The van der Waals surface area contributed by atoms with Crippen molar-refractivity contribution in [3.63, 3.8) is 0 Å². The lowest BCUT2D eigenvalue weighted by Gasteiger charge is -2.32. The topological polar surface area (TPSA) is 71.2 Å².